The minimum atomic E-state index is -0.374. The largest absolute Gasteiger partial charge is 0.311 e. The van der Waals surface area contributed by atoms with Gasteiger partial charge in [-0.2, -0.15) is 0 Å². The van der Waals surface area contributed by atoms with Gasteiger partial charge in [-0.1, -0.05) is 48.2 Å². The number of carbonyl (C=O) groups excluding carboxylic acids is 1. The van der Waals surface area contributed by atoms with E-state index in [2.05, 4.69) is 4.98 Å². The Hall–Kier alpha value is -2.97. The van der Waals surface area contributed by atoms with Gasteiger partial charge in [0.1, 0.15) is 10.5 Å². The maximum absolute atomic E-state index is 14.3. The third-order valence-corrected chi connectivity index (χ3v) is 7.18. The summed E-state index contributed by atoms with van der Waals surface area (Å²) < 4.78 is 16.2. The van der Waals surface area contributed by atoms with E-state index in [0.717, 1.165) is 17.7 Å². The number of aromatic nitrogens is 2. The molecule has 0 N–H and O–H groups in total. The van der Waals surface area contributed by atoms with Gasteiger partial charge in [0.15, 0.2) is 5.16 Å². The van der Waals surface area contributed by atoms with Gasteiger partial charge >= 0.3 is 0 Å². The van der Waals surface area contributed by atoms with E-state index in [1.54, 1.807) is 29.2 Å². The lowest BCUT2D eigenvalue weighted by Gasteiger charge is -2.18. The van der Waals surface area contributed by atoms with Crippen molar-refractivity contribution < 1.29 is 9.18 Å². The molecule has 8 heteroatoms. The molecule has 3 heterocycles. The molecule has 0 atom stereocenters. The van der Waals surface area contributed by atoms with Crippen molar-refractivity contribution in [3.05, 3.63) is 87.3 Å². The Kier molecular flexibility index (Phi) is 5.33. The van der Waals surface area contributed by atoms with Crippen molar-refractivity contribution >= 4 is 44.9 Å². The monoisotopic (exact) mass is 451 g/mol. The highest BCUT2D eigenvalue weighted by Crippen LogP contribution is 2.29. The number of thiophene rings is 1. The smallest absolute Gasteiger partial charge is 0.272 e. The number of halogens is 1. The summed E-state index contributed by atoms with van der Waals surface area (Å²) in [5.74, 6) is -0.262. The molecule has 1 amide bonds. The molecule has 0 unspecified atom stereocenters. The number of amides is 1. The van der Waals surface area contributed by atoms with Crippen LogP contribution in [-0.2, 0) is 17.8 Å². The van der Waals surface area contributed by atoms with Crippen molar-refractivity contribution in [2.75, 3.05) is 17.2 Å². The third kappa shape index (κ3) is 3.77. The molecule has 0 saturated carbocycles. The molecule has 5 nitrogen and oxygen atoms in total. The van der Waals surface area contributed by atoms with Crippen LogP contribution in [0.25, 0.3) is 10.2 Å². The highest BCUT2D eigenvalue weighted by atomic mass is 32.2. The predicted molar refractivity (Wildman–Crippen MR) is 123 cm³/mol. The van der Waals surface area contributed by atoms with E-state index in [1.165, 1.54) is 33.7 Å². The van der Waals surface area contributed by atoms with Crippen LogP contribution in [0.5, 0.6) is 0 Å². The van der Waals surface area contributed by atoms with E-state index < -0.39 is 0 Å². The predicted octanol–water partition coefficient (Wildman–Crippen LogP) is 4.33. The second-order valence-corrected chi connectivity index (χ2v) is 9.08. The van der Waals surface area contributed by atoms with E-state index >= 15 is 0 Å². The molecule has 0 fully saturated rings. The van der Waals surface area contributed by atoms with Crippen LogP contribution in [0.1, 0.15) is 11.1 Å². The molecule has 0 radical (unpaired) electrons. The van der Waals surface area contributed by atoms with Crippen LogP contribution in [0, 0.1) is 5.82 Å². The Morgan fingerprint density at radius 2 is 1.94 bits per heavy atom. The molecule has 1 aliphatic rings. The fourth-order valence-corrected chi connectivity index (χ4v) is 5.42. The fourth-order valence-electron chi connectivity index (χ4n) is 3.77. The summed E-state index contributed by atoms with van der Waals surface area (Å²) in [6.07, 6.45) is 0.837. The lowest BCUT2D eigenvalue weighted by molar-refractivity contribution is -0.116. The van der Waals surface area contributed by atoms with Gasteiger partial charge < -0.3 is 4.90 Å². The van der Waals surface area contributed by atoms with E-state index in [9.17, 15) is 14.0 Å². The zero-order valence-corrected chi connectivity index (χ0v) is 18.1. The molecule has 0 aliphatic carbocycles. The van der Waals surface area contributed by atoms with Crippen molar-refractivity contribution in [3.8, 4) is 0 Å². The third-order valence-electron chi connectivity index (χ3n) is 5.33. The van der Waals surface area contributed by atoms with E-state index in [-0.39, 0.29) is 29.6 Å². The molecule has 1 aliphatic heterocycles. The van der Waals surface area contributed by atoms with Gasteiger partial charge in [0, 0.05) is 17.8 Å². The summed E-state index contributed by atoms with van der Waals surface area (Å²) in [7, 11) is 0. The molecule has 0 spiro atoms. The number of nitrogens with zero attached hydrogens (tertiary/aromatic N) is 3. The Bertz CT molecular complexity index is 1350. The maximum Gasteiger partial charge on any atom is 0.272 e. The SMILES string of the molecule is O=C(CSc1nc2ccsc2c(=O)n1Cc1ccccc1F)N1CCc2ccccc21. The Balaban J connectivity index is 1.45. The minimum absolute atomic E-state index is 0.0351. The average molecular weight is 452 g/mol. The standard InChI is InChI=1S/C23H18FN3O2S2/c24-17-7-3-1-6-16(17)13-27-22(29)21-18(10-12-30-21)25-23(27)31-14-20(28)26-11-9-15-5-2-4-8-19(15)26/h1-8,10,12H,9,11,13-14H2. The quantitative estimate of drug-likeness (QED) is 0.335. The summed E-state index contributed by atoms with van der Waals surface area (Å²) >= 11 is 2.53. The lowest BCUT2D eigenvalue weighted by atomic mass is 10.2. The summed E-state index contributed by atoms with van der Waals surface area (Å²) in [4.78, 5) is 32.4. The fraction of sp³-hybridized carbons (Fsp3) is 0.174. The van der Waals surface area contributed by atoms with Crippen LogP contribution in [0.3, 0.4) is 0 Å². The number of hydrogen-bond donors (Lipinski definition) is 0. The summed E-state index contributed by atoms with van der Waals surface area (Å²) in [5, 5.41) is 2.23. The molecular formula is C23H18FN3O2S2. The number of hydrogen-bond acceptors (Lipinski definition) is 5. The van der Waals surface area contributed by atoms with E-state index in [0.29, 0.717) is 27.5 Å². The molecule has 5 rings (SSSR count). The van der Waals surface area contributed by atoms with Crippen molar-refractivity contribution in [3.63, 3.8) is 0 Å². The Morgan fingerprint density at radius 1 is 1.13 bits per heavy atom. The van der Waals surface area contributed by atoms with Crippen molar-refractivity contribution in [2.45, 2.75) is 18.1 Å². The number of carbonyl (C=O) groups is 1. The van der Waals surface area contributed by atoms with Gasteiger partial charge in [-0.05, 0) is 35.6 Å². The highest BCUT2D eigenvalue weighted by molar-refractivity contribution is 7.99. The summed E-state index contributed by atoms with van der Waals surface area (Å²) in [6.45, 7) is 0.715. The minimum Gasteiger partial charge on any atom is -0.311 e. The van der Waals surface area contributed by atoms with Crippen LogP contribution >= 0.6 is 23.1 Å². The molecule has 4 aromatic rings. The Labute approximate surface area is 186 Å². The van der Waals surface area contributed by atoms with Crippen LogP contribution in [0.2, 0.25) is 0 Å². The second kappa shape index (κ2) is 8.28. The summed E-state index contributed by atoms with van der Waals surface area (Å²) in [6, 6.07) is 16.1. The first-order chi connectivity index (χ1) is 15.1. The molecule has 0 bridgehead atoms. The number of fused-ring (bicyclic) bond motifs is 2. The van der Waals surface area contributed by atoms with Gasteiger partial charge in [-0.15, -0.1) is 11.3 Å². The summed E-state index contributed by atoms with van der Waals surface area (Å²) in [5.41, 5.74) is 2.89. The second-order valence-electron chi connectivity index (χ2n) is 7.22. The normalized spacial score (nSPS) is 13.0. The number of benzene rings is 2. The van der Waals surface area contributed by atoms with Crippen LogP contribution in [0.4, 0.5) is 10.1 Å². The first-order valence-corrected chi connectivity index (χ1v) is 11.7. The number of rotatable bonds is 5. The van der Waals surface area contributed by atoms with Gasteiger partial charge in [-0.25, -0.2) is 9.37 Å². The first kappa shape index (κ1) is 20.0. The van der Waals surface area contributed by atoms with Crippen molar-refractivity contribution in [1.82, 2.24) is 9.55 Å². The highest BCUT2D eigenvalue weighted by Gasteiger charge is 2.25. The number of anilines is 1. The molecule has 0 saturated heterocycles. The molecular weight excluding hydrogens is 433 g/mol. The molecule has 2 aromatic carbocycles. The van der Waals surface area contributed by atoms with Crippen molar-refractivity contribution in [1.29, 1.82) is 0 Å². The van der Waals surface area contributed by atoms with Crippen LogP contribution < -0.4 is 10.5 Å². The van der Waals surface area contributed by atoms with E-state index in [4.69, 9.17) is 0 Å². The van der Waals surface area contributed by atoms with E-state index in [1.807, 2.05) is 29.6 Å². The first-order valence-electron chi connectivity index (χ1n) is 9.84. The van der Waals surface area contributed by atoms with Gasteiger partial charge in [-0.3, -0.25) is 14.2 Å². The molecule has 2 aromatic heterocycles. The van der Waals surface area contributed by atoms with Crippen molar-refractivity contribution in [2.24, 2.45) is 0 Å². The lowest BCUT2D eigenvalue weighted by Crippen LogP contribution is -2.31. The zero-order valence-electron chi connectivity index (χ0n) is 16.5. The Morgan fingerprint density at radius 3 is 2.81 bits per heavy atom. The van der Waals surface area contributed by atoms with Crippen LogP contribution in [-0.4, -0.2) is 27.8 Å². The zero-order chi connectivity index (χ0) is 21.4. The molecule has 156 valence electrons. The number of para-hydroxylation sites is 1. The number of thioether (sulfide) groups is 1. The van der Waals surface area contributed by atoms with Gasteiger partial charge in [0.25, 0.3) is 5.56 Å². The average Bonchev–Trinajstić information content (AvgIpc) is 3.43. The topological polar surface area (TPSA) is 55.2 Å². The van der Waals surface area contributed by atoms with Crippen LogP contribution in [0.15, 0.2) is 69.9 Å². The molecule has 31 heavy (non-hydrogen) atoms. The van der Waals surface area contributed by atoms with Gasteiger partial charge in [0.05, 0.1) is 17.8 Å². The van der Waals surface area contributed by atoms with Gasteiger partial charge in [0.2, 0.25) is 5.91 Å². The maximum atomic E-state index is 14.3.